The number of anilines is 1. The van der Waals surface area contributed by atoms with Crippen molar-refractivity contribution < 1.29 is 22.3 Å². The molecule has 1 N–H and O–H groups in total. The minimum absolute atomic E-state index is 0.0416. The number of rotatable bonds is 6. The van der Waals surface area contributed by atoms with Crippen LogP contribution in [0.1, 0.15) is 18.4 Å². The molecular weight excluding hydrogens is 419 g/mol. The summed E-state index contributed by atoms with van der Waals surface area (Å²) in [6, 6.07) is 8.60. The summed E-state index contributed by atoms with van der Waals surface area (Å²) in [4.78, 5) is 12.1. The molecule has 0 aromatic heterocycles. The summed E-state index contributed by atoms with van der Waals surface area (Å²) >= 11 is 6.10. The normalized spacial score (nSPS) is 15.0. The molecule has 3 rings (SSSR count). The largest absolute Gasteiger partial charge is 0.494 e. The Morgan fingerprint density at radius 1 is 1.21 bits per heavy atom. The number of hydrogen-bond donors (Lipinski definition) is 1. The quantitative estimate of drug-likeness (QED) is 0.693. The smallest absolute Gasteiger partial charge is 0.248 e. The van der Waals surface area contributed by atoms with E-state index in [2.05, 4.69) is 5.32 Å². The first kappa shape index (κ1) is 21.3. The Balaban J connectivity index is 1.75. The van der Waals surface area contributed by atoms with Gasteiger partial charge in [-0.3, -0.25) is 4.79 Å². The van der Waals surface area contributed by atoms with Crippen LogP contribution in [0.4, 0.5) is 10.1 Å². The third-order valence-electron chi connectivity index (χ3n) is 4.48. The number of nitrogens with one attached hydrogen (secondary N) is 1. The van der Waals surface area contributed by atoms with E-state index in [1.807, 2.05) is 0 Å². The lowest BCUT2D eigenvalue weighted by Gasteiger charge is -2.17. The van der Waals surface area contributed by atoms with E-state index in [0.29, 0.717) is 24.3 Å². The van der Waals surface area contributed by atoms with Gasteiger partial charge in [-0.05, 0) is 54.8 Å². The summed E-state index contributed by atoms with van der Waals surface area (Å²) in [5.74, 6) is -0.919. The van der Waals surface area contributed by atoms with Crippen molar-refractivity contribution in [3.63, 3.8) is 0 Å². The lowest BCUT2D eigenvalue weighted by molar-refractivity contribution is -0.111. The van der Waals surface area contributed by atoms with Gasteiger partial charge in [0.2, 0.25) is 15.9 Å². The molecule has 29 heavy (non-hydrogen) atoms. The minimum Gasteiger partial charge on any atom is -0.494 e. The fourth-order valence-electron chi connectivity index (χ4n) is 2.99. The number of hydrogen-bond acceptors (Lipinski definition) is 4. The molecule has 0 atom stereocenters. The van der Waals surface area contributed by atoms with Crippen LogP contribution in [-0.4, -0.2) is 38.8 Å². The SMILES string of the molecule is COc1ccc(/C=C/C(=O)Nc2ccc(Cl)c(S(=O)(=O)N3CCCC3)c2)cc1F. The van der Waals surface area contributed by atoms with Gasteiger partial charge in [0.05, 0.1) is 12.1 Å². The van der Waals surface area contributed by atoms with Gasteiger partial charge in [0.15, 0.2) is 11.6 Å². The van der Waals surface area contributed by atoms with Crippen LogP contribution < -0.4 is 10.1 Å². The summed E-state index contributed by atoms with van der Waals surface area (Å²) < 4.78 is 45.5. The van der Waals surface area contributed by atoms with Crippen LogP contribution in [0.3, 0.4) is 0 Å². The summed E-state index contributed by atoms with van der Waals surface area (Å²) in [5.41, 5.74) is 0.773. The second-order valence-corrected chi connectivity index (χ2v) is 8.79. The average molecular weight is 439 g/mol. The standard InChI is InChI=1S/C20H20ClFN2O4S/c1-28-18-8-4-14(12-17(18)22)5-9-20(25)23-15-6-7-16(21)19(13-15)29(26,27)24-10-2-3-11-24/h4-9,12-13H,2-3,10-11H2,1H3,(H,23,25)/b9-5+. The van der Waals surface area contributed by atoms with Crippen molar-refractivity contribution >= 4 is 39.3 Å². The Bertz CT molecular complexity index is 1050. The molecule has 1 saturated heterocycles. The lowest BCUT2D eigenvalue weighted by Crippen LogP contribution is -2.28. The monoisotopic (exact) mass is 438 g/mol. The molecule has 0 saturated carbocycles. The number of benzene rings is 2. The van der Waals surface area contributed by atoms with Crippen LogP contribution in [-0.2, 0) is 14.8 Å². The maximum absolute atomic E-state index is 13.7. The average Bonchev–Trinajstić information content (AvgIpc) is 3.23. The number of methoxy groups -OCH3 is 1. The van der Waals surface area contributed by atoms with E-state index in [-0.39, 0.29) is 15.7 Å². The van der Waals surface area contributed by atoms with E-state index in [9.17, 15) is 17.6 Å². The molecule has 1 aliphatic rings. The van der Waals surface area contributed by atoms with Gasteiger partial charge >= 0.3 is 0 Å². The molecule has 0 spiro atoms. The van der Waals surface area contributed by atoms with E-state index in [1.54, 1.807) is 6.07 Å². The van der Waals surface area contributed by atoms with Crippen LogP contribution in [0.25, 0.3) is 6.08 Å². The number of amides is 1. The van der Waals surface area contributed by atoms with Crippen molar-refractivity contribution in [2.45, 2.75) is 17.7 Å². The molecule has 2 aromatic carbocycles. The van der Waals surface area contributed by atoms with Crippen LogP contribution in [0.5, 0.6) is 5.75 Å². The third-order valence-corrected chi connectivity index (χ3v) is 6.86. The molecular formula is C20H20ClFN2O4S. The maximum Gasteiger partial charge on any atom is 0.248 e. The zero-order chi connectivity index (χ0) is 21.0. The fourth-order valence-corrected chi connectivity index (χ4v) is 5.01. The van der Waals surface area contributed by atoms with Crippen LogP contribution in [0, 0.1) is 5.82 Å². The Labute approximate surface area is 174 Å². The third kappa shape index (κ3) is 4.95. The second kappa shape index (κ2) is 8.94. The Morgan fingerprint density at radius 3 is 2.59 bits per heavy atom. The highest BCUT2D eigenvalue weighted by atomic mass is 35.5. The van der Waals surface area contributed by atoms with E-state index >= 15 is 0 Å². The van der Waals surface area contributed by atoms with Crippen molar-refractivity contribution in [2.24, 2.45) is 0 Å². The fraction of sp³-hybridized carbons (Fsp3) is 0.250. The molecule has 0 radical (unpaired) electrons. The number of ether oxygens (including phenoxy) is 1. The topological polar surface area (TPSA) is 75.7 Å². The van der Waals surface area contributed by atoms with Crippen molar-refractivity contribution in [1.82, 2.24) is 4.31 Å². The highest BCUT2D eigenvalue weighted by Gasteiger charge is 2.29. The zero-order valence-electron chi connectivity index (χ0n) is 15.7. The van der Waals surface area contributed by atoms with Gasteiger partial charge in [-0.1, -0.05) is 17.7 Å². The Kier molecular flexibility index (Phi) is 6.56. The van der Waals surface area contributed by atoms with Crippen molar-refractivity contribution in [1.29, 1.82) is 0 Å². The number of nitrogens with zero attached hydrogens (tertiary/aromatic N) is 1. The molecule has 1 heterocycles. The van der Waals surface area contributed by atoms with Crippen molar-refractivity contribution in [3.8, 4) is 5.75 Å². The highest BCUT2D eigenvalue weighted by molar-refractivity contribution is 7.89. The zero-order valence-corrected chi connectivity index (χ0v) is 17.3. The summed E-state index contributed by atoms with van der Waals surface area (Å²) in [5, 5.41) is 2.69. The summed E-state index contributed by atoms with van der Waals surface area (Å²) in [7, 11) is -2.35. The van der Waals surface area contributed by atoms with Crippen LogP contribution in [0.2, 0.25) is 5.02 Å². The highest BCUT2D eigenvalue weighted by Crippen LogP contribution is 2.29. The van der Waals surface area contributed by atoms with Gasteiger partial charge in [0.1, 0.15) is 4.90 Å². The van der Waals surface area contributed by atoms with Crippen LogP contribution >= 0.6 is 11.6 Å². The maximum atomic E-state index is 13.7. The number of halogens is 2. The summed E-state index contributed by atoms with van der Waals surface area (Å²) in [6.07, 6.45) is 4.29. The lowest BCUT2D eigenvalue weighted by atomic mass is 10.2. The molecule has 0 aliphatic carbocycles. The predicted octanol–water partition coefficient (Wildman–Crippen LogP) is 3.92. The number of carbonyl (C=O) groups excluding carboxylic acids is 1. The molecule has 6 nitrogen and oxygen atoms in total. The predicted molar refractivity (Wildman–Crippen MR) is 110 cm³/mol. The van der Waals surface area contributed by atoms with E-state index in [1.165, 1.54) is 53.9 Å². The van der Waals surface area contributed by atoms with Gasteiger partial charge in [-0.15, -0.1) is 0 Å². The molecule has 1 fully saturated rings. The molecule has 1 amide bonds. The first-order chi connectivity index (χ1) is 13.8. The molecule has 0 bridgehead atoms. The van der Waals surface area contributed by atoms with Gasteiger partial charge in [0, 0.05) is 24.9 Å². The Morgan fingerprint density at radius 2 is 1.93 bits per heavy atom. The van der Waals surface area contributed by atoms with Crippen molar-refractivity contribution in [3.05, 3.63) is 58.9 Å². The second-order valence-electron chi connectivity index (χ2n) is 6.47. The van der Waals surface area contributed by atoms with E-state index in [0.717, 1.165) is 12.8 Å². The number of sulfonamides is 1. The molecule has 0 unspecified atom stereocenters. The van der Waals surface area contributed by atoms with E-state index in [4.69, 9.17) is 16.3 Å². The van der Waals surface area contributed by atoms with Gasteiger partial charge in [-0.2, -0.15) is 4.31 Å². The van der Waals surface area contributed by atoms with E-state index < -0.39 is 21.7 Å². The van der Waals surface area contributed by atoms with Gasteiger partial charge in [0.25, 0.3) is 0 Å². The molecule has 154 valence electrons. The minimum atomic E-state index is -3.72. The molecule has 2 aromatic rings. The van der Waals surface area contributed by atoms with Crippen LogP contribution in [0.15, 0.2) is 47.4 Å². The van der Waals surface area contributed by atoms with Gasteiger partial charge < -0.3 is 10.1 Å². The first-order valence-corrected chi connectivity index (χ1v) is 10.8. The first-order valence-electron chi connectivity index (χ1n) is 8.93. The molecule has 9 heteroatoms. The van der Waals surface area contributed by atoms with Crippen molar-refractivity contribution in [2.75, 3.05) is 25.5 Å². The Hall–Kier alpha value is -2.42. The van der Waals surface area contributed by atoms with Gasteiger partial charge in [-0.25, -0.2) is 12.8 Å². The summed E-state index contributed by atoms with van der Waals surface area (Å²) in [6.45, 7) is 0.910. The number of carbonyl (C=O) groups is 1. The molecule has 1 aliphatic heterocycles.